The molecule has 1 atom stereocenters. The molecule has 1 aliphatic heterocycles. The van der Waals surface area contributed by atoms with Crippen molar-refractivity contribution in [2.75, 3.05) is 26.2 Å². The fourth-order valence-corrected chi connectivity index (χ4v) is 2.59. The van der Waals surface area contributed by atoms with Crippen molar-refractivity contribution in [3.05, 3.63) is 35.1 Å². The maximum Gasteiger partial charge on any atom is 0.128 e. The van der Waals surface area contributed by atoms with E-state index >= 15 is 0 Å². The Morgan fingerprint density at radius 3 is 3.00 bits per heavy atom. The minimum absolute atomic E-state index is 0.215. The van der Waals surface area contributed by atoms with Crippen molar-refractivity contribution in [2.24, 2.45) is 11.7 Å². The van der Waals surface area contributed by atoms with Crippen LogP contribution in [0.5, 0.6) is 0 Å². The minimum atomic E-state index is -0.222. The molecule has 3 nitrogen and oxygen atoms in total. The smallest absolute Gasteiger partial charge is 0.128 e. The summed E-state index contributed by atoms with van der Waals surface area (Å²) in [7, 11) is 0. The van der Waals surface area contributed by atoms with Gasteiger partial charge in [-0.1, -0.05) is 17.9 Å². The van der Waals surface area contributed by atoms with Crippen LogP contribution in [0.15, 0.2) is 18.2 Å². The molecule has 1 aromatic rings. The van der Waals surface area contributed by atoms with E-state index in [9.17, 15) is 9.50 Å². The van der Waals surface area contributed by atoms with E-state index in [2.05, 4.69) is 16.7 Å². The molecule has 1 heterocycles. The molecule has 1 aromatic carbocycles. The molecule has 1 aliphatic rings. The molecule has 1 unspecified atom stereocenters. The van der Waals surface area contributed by atoms with Crippen LogP contribution in [0.2, 0.25) is 0 Å². The second-order valence-corrected chi connectivity index (χ2v) is 5.24. The van der Waals surface area contributed by atoms with Gasteiger partial charge in [0, 0.05) is 30.8 Å². The topological polar surface area (TPSA) is 49.5 Å². The average molecular weight is 276 g/mol. The van der Waals surface area contributed by atoms with Crippen LogP contribution in [0, 0.1) is 23.6 Å². The van der Waals surface area contributed by atoms with Gasteiger partial charge in [0.2, 0.25) is 0 Å². The maximum atomic E-state index is 14.0. The molecule has 0 saturated carbocycles. The summed E-state index contributed by atoms with van der Waals surface area (Å²) >= 11 is 0. The minimum Gasteiger partial charge on any atom is -0.396 e. The molecule has 108 valence electrons. The van der Waals surface area contributed by atoms with Crippen molar-refractivity contribution < 1.29 is 9.50 Å². The predicted octanol–water partition coefficient (Wildman–Crippen LogP) is 1.34. The van der Waals surface area contributed by atoms with Crippen molar-refractivity contribution in [3.8, 4) is 11.8 Å². The van der Waals surface area contributed by atoms with Crippen molar-refractivity contribution in [1.29, 1.82) is 0 Å². The Labute approximate surface area is 119 Å². The maximum absolute atomic E-state index is 14.0. The van der Waals surface area contributed by atoms with Gasteiger partial charge in [-0.25, -0.2) is 4.39 Å². The third kappa shape index (κ3) is 4.04. The Bertz CT molecular complexity index is 507. The second-order valence-electron chi connectivity index (χ2n) is 5.24. The molecule has 2 rings (SSSR count). The third-order valence-electron chi connectivity index (χ3n) is 3.64. The lowest BCUT2D eigenvalue weighted by molar-refractivity contribution is 0.115. The summed E-state index contributed by atoms with van der Waals surface area (Å²) in [4.78, 5) is 2.20. The van der Waals surface area contributed by atoms with Crippen LogP contribution in [0.1, 0.15) is 24.0 Å². The molecular formula is C16H21FN2O. The Kier molecular flexibility index (Phi) is 5.54. The van der Waals surface area contributed by atoms with E-state index < -0.39 is 0 Å². The van der Waals surface area contributed by atoms with Gasteiger partial charge in [0.15, 0.2) is 0 Å². The summed E-state index contributed by atoms with van der Waals surface area (Å²) in [6, 6.07) is 5.08. The monoisotopic (exact) mass is 276 g/mol. The molecule has 1 fully saturated rings. The number of aliphatic hydroxyl groups excluding tert-OH is 1. The highest BCUT2D eigenvalue weighted by Gasteiger charge is 2.20. The van der Waals surface area contributed by atoms with Crippen molar-refractivity contribution in [2.45, 2.75) is 19.4 Å². The average Bonchev–Trinajstić information content (AvgIpc) is 2.48. The van der Waals surface area contributed by atoms with E-state index in [0.29, 0.717) is 23.6 Å². The zero-order valence-electron chi connectivity index (χ0n) is 11.6. The molecule has 1 saturated heterocycles. The first kappa shape index (κ1) is 15.0. The second kappa shape index (κ2) is 7.39. The Balaban J connectivity index is 2.02. The molecule has 0 bridgehead atoms. The summed E-state index contributed by atoms with van der Waals surface area (Å²) in [6.45, 7) is 2.88. The van der Waals surface area contributed by atoms with Crippen LogP contribution < -0.4 is 5.73 Å². The lowest BCUT2D eigenvalue weighted by atomic mass is 9.98. The van der Waals surface area contributed by atoms with Crippen LogP contribution in [0.4, 0.5) is 4.39 Å². The van der Waals surface area contributed by atoms with Gasteiger partial charge in [0.1, 0.15) is 5.82 Å². The SMILES string of the molecule is NCC#Cc1ccc(CN2CCCC(CO)C2)c(F)c1. The Morgan fingerprint density at radius 1 is 1.45 bits per heavy atom. The van der Waals surface area contributed by atoms with Crippen LogP contribution >= 0.6 is 0 Å². The molecule has 0 spiro atoms. The molecule has 0 amide bonds. The fourth-order valence-electron chi connectivity index (χ4n) is 2.59. The molecular weight excluding hydrogens is 255 g/mol. The van der Waals surface area contributed by atoms with Crippen LogP contribution in [-0.4, -0.2) is 36.2 Å². The normalized spacial score (nSPS) is 19.4. The first-order valence-electron chi connectivity index (χ1n) is 7.03. The summed E-state index contributed by atoms with van der Waals surface area (Å²) in [5.41, 5.74) is 6.64. The lowest BCUT2D eigenvalue weighted by Crippen LogP contribution is -2.36. The summed E-state index contributed by atoms with van der Waals surface area (Å²) in [5, 5.41) is 9.22. The van der Waals surface area contributed by atoms with Gasteiger partial charge in [0.05, 0.1) is 6.54 Å². The number of aliphatic hydroxyl groups is 1. The zero-order valence-corrected chi connectivity index (χ0v) is 11.6. The number of likely N-dealkylation sites (tertiary alicyclic amines) is 1. The van der Waals surface area contributed by atoms with E-state index in [1.165, 1.54) is 6.07 Å². The van der Waals surface area contributed by atoms with Gasteiger partial charge in [-0.2, -0.15) is 0 Å². The fraction of sp³-hybridized carbons (Fsp3) is 0.500. The lowest BCUT2D eigenvalue weighted by Gasteiger charge is -2.31. The molecule has 4 heteroatoms. The number of rotatable bonds is 3. The first-order valence-corrected chi connectivity index (χ1v) is 7.03. The van der Waals surface area contributed by atoms with Crippen LogP contribution in [0.3, 0.4) is 0 Å². The summed E-state index contributed by atoms with van der Waals surface area (Å²) in [5.74, 6) is 5.65. The first-order chi connectivity index (χ1) is 9.72. The highest BCUT2D eigenvalue weighted by molar-refractivity contribution is 5.37. The van der Waals surface area contributed by atoms with E-state index in [0.717, 1.165) is 25.9 Å². The van der Waals surface area contributed by atoms with Crippen molar-refractivity contribution in [3.63, 3.8) is 0 Å². The zero-order chi connectivity index (χ0) is 14.4. The van der Waals surface area contributed by atoms with Gasteiger partial charge >= 0.3 is 0 Å². The third-order valence-corrected chi connectivity index (χ3v) is 3.64. The van der Waals surface area contributed by atoms with E-state index in [1.54, 1.807) is 6.07 Å². The molecule has 0 aliphatic carbocycles. The number of nitrogens with zero attached hydrogens (tertiary/aromatic N) is 1. The summed E-state index contributed by atoms with van der Waals surface area (Å²) < 4.78 is 14.0. The number of benzene rings is 1. The van der Waals surface area contributed by atoms with Gasteiger partial charge in [0.25, 0.3) is 0 Å². The van der Waals surface area contributed by atoms with Gasteiger partial charge in [-0.3, -0.25) is 4.90 Å². The predicted molar refractivity (Wildman–Crippen MR) is 77.4 cm³/mol. The molecule has 3 N–H and O–H groups in total. The largest absolute Gasteiger partial charge is 0.396 e. The standard InChI is InChI=1S/C16H21FN2O/c17-16-9-13(3-1-7-18)5-6-15(16)11-19-8-2-4-14(10-19)12-20/h5-6,9,14,20H,2,4,7-8,10-12,18H2. The molecule has 0 radical (unpaired) electrons. The molecule has 20 heavy (non-hydrogen) atoms. The van der Waals surface area contributed by atoms with Gasteiger partial charge < -0.3 is 10.8 Å². The van der Waals surface area contributed by atoms with Gasteiger partial charge in [-0.15, -0.1) is 0 Å². The Hall–Kier alpha value is -1.41. The number of piperidine rings is 1. The van der Waals surface area contributed by atoms with Crippen molar-refractivity contribution in [1.82, 2.24) is 4.90 Å². The van der Waals surface area contributed by atoms with Crippen molar-refractivity contribution >= 4 is 0 Å². The highest BCUT2D eigenvalue weighted by atomic mass is 19.1. The summed E-state index contributed by atoms with van der Waals surface area (Å²) in [6.07, 6.45) is 2.12. The van der Waals surface area contributed by atoms with Crippen LogP contribution in [0.25, 0.3) is 0 Å². The number of halogens is 1. The van der Waals surface area contributed by atoms with E-state index in [-0.39, 0.29) is 19.0 Å². The Morgan fingerprint density at radius 2 is 2.30 bits per heavy atom. The molecule has 0 aromatic heterocycles. The highest BCUT2D eigenvalue weighted by Crippen LogP contribution is 2.19. The van der Waals surface area contributed by atoms with Gasteiger partial charge in [-0.05, 0) is 37.4 Å². The number of nitrogens with two attached hydrogens (primary N) is 1. The quantitative estimate of drug-likeness (QED) is 0.819. The number of hydrogen-bond acceptors (Lipinski definition) is 3. The van der Waals surface area contributed by atoms with E-state index in [1.807, 2.05) is 6.07 Å². The number of hydrogen-bond donors (Lipinski definition) is 2. The van der Waals surface area contributed by atoms with E-state index in [4.69, 9.17) is 5.73 Å². The van der Waals surface area contributed by atoms with Crippen LogP contribution in [-0.2, 0) is 6.54 Å².